The van der Waals surface area contributed by atoms with Crippen molar-refractivity contribution in [2.24, 2.45) is 4.99 Å². The molecule has 1 heterocycles. The van der Waals surface area contributed by atoms with Crippen molar-refractivity contribution >= 4 is 28.2 Å². The van der Waals surface area contributed by atoms with Gasteiger partial charge in [-0.2, -0.15) is 5.26 Å². The number of nitriles is 1. The number of nitrogens with zero attached hydrogens (tertiary/aromatic N) is 3. The molecule has 1 aromatic heterocycles. The van der Waals surface area contributed by atoms with Crippen molar-refractivity contribution in [3.63, 3.8) is 0 Å². The van der Waals surface area contributed by atoms with Crippen LogP contribution in [0.1, 0.15) is 40.0 Å². The van der Waals surface area contributed by atoms with Crippen LogP contribution in [0.25, 0.3) is 0 Å². The minimum Gasteiger partial charge on any atom is -0.493 e. The van der Waals surface area contributed by atoms with Crippen LogP contribution in [0.15, 0.2) is 47.5 Å². The number of nitro groups is 1. The van der Waals surface area contributed by atoms with E-state index < -0.39 is 4.92 Å². The van der Waals surface area contributed by atoms with Gasteiger partial charge in [0.15, 0.2) is 11.5 Å². The van der Waals surface area contributed by atoms with Crippen LogP contribution in [-0.4, -0.2) is 18.2 Å². The summed E-state index contributed by atoms with van der Waals surface area (Å²) in [6.45, 7) is 0.258. The number of benzene rings is 2. The fourth-order valence-corrected chi connectivity index (χ4v) is 4.83. The largest absolute Gasteiger partial charge is 0.493 e. The number of ether oxygens (including phenoxy) is 2. The van der Waals surface area contributed by atoms with Gasteiger partial charge in [-0.05, 0) is 72.7 Å². The maximum absolute atomic E-state index is 10.8. The molecule has 1 aliphatic rings. The summed E-state index contributed by atoms with van der Waals surface area (Å²) < 4.78 is 11.3. The van der Waals surface area contributed by atoms with Gasteiger partial charge < -0.3 is 9.47 Å². The number of thiophene rings is 1. The lowest BCUT2D eigenvalue weighted by molar-refractivity contribution is -0.384. The maximum Gasteiger partial charge on any atom is 0.269 e. The number of fused-ring (bicyclic) bond motifs is 1. The van der Waals surface area contributed by atoms with E-state index in [1.54, 1.807) is 42.9 Å². The predicted molar refractivity (Wildman–Crippen MR) is 123 cm³/mol. The van der Waals surface area contributed by atoms with E-state index >= 15 is 0 Å². The number of aryl methyl sites for hydroxylation is 1. The average molecular weight is 448 g/mol. The molecule has 162 valence electrons. The van der Waals surface area contributed by atoms with Crippen LogP contribution in [0.2, 0.25) is 0 Å². The summed E-state index contributed by atoms with van der Waals surface area (Å²) in [5.74, 6) is 1.12. The SMILES string of the molecule is COc1cc(C=Nc2sc3c(c2C#N)CCCC3)ccc1OCc1ccc([N+](=O)[O-])cc1. The average Bonchev–Trinajstić information content (AvgIpc) is 3.19. The number of aliphatic imine (C=N–C) groups is 1. The second-order valence-electron chi connectivity index (χ2n) is 7.38. The molecule has 0 radical (unpaired) electrons. The normalized spacial score (nSPS) is 12.9. The highest BCUT2D eigenvalue weighted by molar-refractivity contribution is 7.16. The summed E-state index contributed by atoms with van der Waals surface area (Å²) in [6.07, 6.45) is 6.01. The molecule has 8 heteroatoms. The van der Waals surface area contributed by atoms with Gasteiger partial charge in [-0.1, -0.05) is 0 Å². The van der Waals surface area contributed by atoms with E-state index in [-0.39, 0.29) is 12.3 Å². The number of hydrogen-bond donors (Lipinski definition) is 0. The van der Waals surface area contributed by atoms with Crippen LogP contribution in [0.3, 0.4) is 0 Å². The lowest BCUT2D eigenvalue weighted by Crippen LogP contribution is -1.99. The van der Waals surface area contributed by atoms with Crippen molar-refractivity contribution in [2.75, 3.05) is 7.11 Å². The Morgan fingerprint density at radius 1 is 1.19 bits per heavy atom. The lowest BCUT2D eigenvalue weighted by Gasteiger charge is -2.11. The van der Waals surface area contributed by atoms with Gasteiger partial charge in [-0.25, -0.2) is 4.99 Å². The van der Waals surface area contributed by atoms with E-state index in [0.29, 0.717) is 17.1 Å². The van der Waals surface area contributed by atoms with E-state index in [4.69, 9.17) is 9.47 Å². The molecule has 7 nitrogen and oxygen atoms in total. The van der Waals surface area contributed by atoms with Gasteiger partial charge in [-0.3, -0.25) is 10.1 Å². The molecule has 0 N–H and O–H groups in total. The van der Waals surface area contributed by atoms with Crippen molar-refractivity contribution in [3.05, 3.63) is 79.7 Å². The van der Waals surface area contributed by atoms with Crippen LogP contribution in [0.5, 0.6) is 11.5 Å². The molecule has 4 rings (SSSR count). The summed E-state index contributed by atoms with van der Waals surface area (Å²) in [7, 11) is 1.57. The van der Waals surface area contributed by atoms with E-state index in [9.17, 15) is 15.4 Å². The first-order chi connectivity index (χ1) is 15.6. The Balaban J connectivity index is 1.48. The summed E-state index contributed by atoms with van der Waals surface area (Å²) in [5.41, 5.74) is 3.56. The van der Waals surface area contributed by atoms with Crippen molar-refractivity contribution in [1.82, 2.24) is 0 Å². The van der Waals surface area contributed by atoms with Crippen LogP contribution < -0.4 is 9.47 Å². The third-order valence-electron chi connectivity index (χ3n) is 5.32. The number of hydrogen-bond acceptors (Lipinski definition) is 7. The molecule has 0 saturated heterocycles. The van der Waals surface area contributed by atoms with Gasteiger partial charge in [0.25, 0.3) is 5.69 Å². The first-order valence-corrected chi connectivity index (χ1v) is 11.0. The van der Waals surface area contributed by atoms with Crippen molar-refractivity contribution < 1.29 is 14.4 Å². The smallest absolute Gasteiger partial charge is 0.269 e. The molecule has 0 bridgehead atoms. The Hall–Kier alpha value is -3.70. The summed E-state index contributed by atoms with van der Waals surface area (Å²) in [5, 5.41) is 21.1. The van der Waals surface area contributed by atoms with Crippen molar-refractivity contribution in [3.8, 4) is 17.6 Å². The van der Waals surface area contributed by atoms with Gasteiger partial charge in [0.2, 0.25) is 0 Å². The van der Waals surface area contributed by atoms with Crippen LogP contribution in [0, 0.1) is 21.4 Å². The Morgan fingerprint density at radius 3 is 2.69 bits per heavy atom. The first kappa shape index (κ1) is 21.5. The monoisotopic (exact) mass is 447 g/mol. The first-order valence-electron chi connectivity index (χ1n) is 10.2. The van der Waals surface area contributed by atoms with Gasteiger partial charge in [-0.15, -0.1) is 11.3 Å². The Kier molecular flexibility index (Phi) is 6.47. The lowest BCUT2D eigenvalue weighted by atomic mass is 9.96. The summed E-state index contributed by atoms with van der Waals surface area (Å²) in [4.78, 5) is 16.2. The topological polar surface area (TPSA) is 97.8 Å². The van der Waals surface area contributed by atoms with Crippen LogP contribution in [0.4, 0.5) is 10.7 Å². The minimum absolute atomic E-state index is 0.0427. The zero-order chi connectivity index (χ0) is 22.5. The minimum atomic E-state index is -0.432. The maximum atomic E-state index is 10.8. The quantitative estimate of drug-likeness (QED) is 0.261. The fraction of sp³-hybridized carbons (Fsp3) is 0.250. The van der Waals surface area contributed by atoms with Crippen molar-refractivity contribution in [2.45, 2.75) is 32.3 Å². The number of methoxy groups -OCH3 is 1. The van der Waals surface area contributed by atoms with Crippen LogP contribution >= 0.6 is 11.3 Å². The number of non-ortho nitro benzene ring substituents is 1. The molecule has 0 spiro atoms. The molecule has 0 fully saturated rings. The Labute approximate surface area is 189 Å². The second kappa shape index (κ2) is 9.62. The van der Waals surface area contributed by atoms with Crippen molar-refractivity contribution in [1.29, 1.82) is 5.26 Å². The standard InChI is InChI=1S/C24H21N3O4S/c1-30-22-12-17(14-26-24-20(13-25)19-4-2-3-5-23(19)32-24)8-11-21(22)31-15-16-6-9-18(10-7-16)27(28)29/h6-12,14H,2-5,15H2,1H3. The van der Waals surface area contributed by atoms with Gasteiger partial charge in [0, 0.05) is 23.2 Å². The third kappa shape index (κ3) is 4.63. The molecular formula is C24H21N3O4S. The zero-order valence-corrected chi connectivity index (χ0v) is 18.4. The van der Waals surface area contributed by atoms with Gasteiger partial charge in [0.1, 0.15) is 17.7 Å². The van der Waals surface area contributed by atoms with Crippen LogP contribution in [-0.2, 0) is 19.4 Å². The molecule has 0 aliphatic heterocycles. The Bertz CT molecular complexity index is 1210. The van der Waals surface area contributed by atoms with Gasteiger partial charge >= 0.3 is 0 Å². The molecule has 1 aliphatic carbocycles. The summed E-state index contributed by atoms with van der Waals surface area (Å²) >= 11 is 1.61. The summed E-state index contributed by atoms with van der Waals surface area (Å²) in [6, 6.07) is 14.1. The van der Waals surface area contributed by atoms with Gasteiger partial charge in [0.05, 0.1) is 17.6 Å². The van der Waals surface area contributed by atoms with E-state index in [0.717, 1.165) is 35.4 Å². The second-order valence-corrected chi connectivity index (χ2v) is 8.47. The molecule has 0 unspecified atom stereocenters. The Morgan fingerprint density at radius 2 is 1.97 bits per heavy atom. The molecule has 3 aromatic rings. The van der Waals surface area contributed by atoms with E-state index in [1.165, 1.54) is 29.0 Å². The predicted octanol–water partition coefficient (Wildman–Crippen LogP) is 5.74. The number of nitro benzene ring substituents is 1. The highest BCUT2D eigenvalue weighted by Crippen LogP contribution is 2.39. The zero-order valence-electron chi connectivity index (χ0n) is 17.5. The highest BCUT2D eigenvalue weighted by atomic mass is 32.1. The fourth-order valence-electron chi connectivity index (χ4n) is 3.65. The van der Waals surface area contributed by atoms with E-state index in [1.807, 2.05) is 12.1 Å². The molecule has 2 aromatic carbocycles. The van der Waals surface area contributed by atoms with E-state index in [2.05, 4.69) is 11.1 Å². The number of rotatable bonds is 7. The third-order valence-corrected chi connectivity index (χ3v) is 6.52. The molecule has 0 amide bonds. The molecule has 32 heavy (non-hydrogen) atoms. The molecule has 0 saturated carbocycles. The molecule has 0 atom stereocenters. The highest BCUT2D eigenvalue weighted by Gasteiger charge is 2.20. The molecular weight excluding hydrogens is 426 g/mol.